The molecule has 1 amide bonds. The molecule has 0 aromatic rings. The summed E-state index contributed by atoms with van der Waals surface area (Å²) in [5.41, 5.74) is 0. The second-order valence-electron chi connectivity index (χ2n) is 4.15. The van der Waals surface area contributed by atoms with Crippen LogP contribution in [0.1, 0.15) is 25.7 Å². The topological polar surface area (TPSA) is 41.1 Å². The van der Waals surface area contributed by atoms with Gasteiger partial charge in [-0.25, -0.2) is 0 Å². The van der Waals surface area contributed by atoms with E-state index < -0.39 is 12.6 Å². The van der Waals surface area contributed by atoms with E-state index in [1.54, 1.807) is 0 Å². The van der Waals surface area contributed by atoms with E-state index in [2.05, 4.69) is 10.6 Å². The Morgan fingerprint density at radius 1 is 1.31 bits per heavy atom. The monoisotopic (exact) mass is 238 g/mol. The second-order valence-corrected chi connectivity index (χ2v) is 4.15. The van der Waals surface area contributed by atoms with E-state index in [0.29, 0.717) is 25.3 Å². The highest BCUT2D eigenvalue weighted by molar-refractivity contribution is 5.76. The van der Waals surface area contributed by atoms with Crippen molar-refractivity contribution in [3.63, 3.8) is 0 Å². The molecular formula is C10H17F3N2O. The van der Waals surface area contributed by atoms with Gasteiger partial charge in [-0.1, -0.05) is 0 Å². The molecule has 0 aromatic carbocycles. The highest BCUT2D eigenvalue weighted by Gasteiger charge is 2.25. The quantitative estimate of drug-likeness (QED) is 0.687. The summed E-state index contributed by atoms with van der Waals surface area (Å²) in [6.45, 7) is 2.07. The molecular weight excluding hydrogens is 221 g/mol. The predicted octanol–water partition coefficient (Wildman–Crippen LogP) is 1.44. The van der Waals surface area contributed by atoms with Gasteiger partial charge in [0.2, 0.25) is 5.91 Å². The SMILES string of the molecule is O=C(CC1CNC1)NCCCCC(F)(F)F. The van der Waals surface area contributed by atoms with E-state index in [1.165, 1.54) is 0 Å². The molecule has 0 spiro atoms. The predicted molar refractivity (Wildman–Crippen MR) is 53.9 cm³/mol. The lowest BCUT2D eigenvalue weighted by Gasteiger charge is -2.26. The van der Waals surface area contributed by atoms with Crippen LogP contribution in [-0.4, -0.2) is 31.7 Å². The maximum atomic E-state index is 11.8. The first kappa shape index (κ1) is 13.3. The summed E-state index contributed by atoms with van der Waals surface area (Å²) in [6.07, 6.45) is -3.91. The van der Waals surface area contributed by atoms with Crippen molar-refractivity contribution < 1.29 is 18.0 Å². The molecule has 6 heteroatoms. The average molecular weight is 238 g/mol. The molecule has 0 aromatic heterocycles. The Bertz CT molecular complexity index is 227. The fraction of sp³-hybridized carbons (Fsp3) is 0.900. The molecule has 1 rings (SSSR count). The van der Waals surface area contributed by atoms with Gasteiger partial charge in [0.05, 0.1) is 0 Å². The fourth-order valence-electron chi connectivity index (χ4n) is 1.51. The van der Waals surface area contributed by atoms with Gasteiger partial charge in [-0.2, -0.15) is 13.2 Å². The molecule has 0 bridgehead atoms. The number of amides is 1. The molecule has 1 aliphatic rings. The van der Waals surface area contributed by atoms with E-state index in [4.69, 9.17) is 0 Å². The summed E-state index contributed by atoms with van der Waals surface area (Å²) < 4.78 is 35.3. The van der Waals surface area contributed by atoms with Gasteiger partial charge in [-0.15, -0.1) is 0 Å². The van der Waals surface area contributed by atoms with Crippen LogP contribution >= 0.6 is 0 Å². The molecule has 1 aliphatic heterocycles. The highest BCUT2D eigenvalue weighted by atomic mass is 19.4. The zero-order valence-corrected chi connectivity index (χ0v) is 9.07. The van der Waals surface area contributed by atoms with Gasteiger partial charge in [0.1, 0.15) is 0 Å². The molecule has 2 N–H and O–H groups in total. The van der Waals surface area contributed by atoms with Crippen LogP contribution in [0.25, 0.3) is 0 Å². The second kappa shape index (κ2) is 6.08. The molecule has 3 nitrogen and oxygen atoms in total. The lowest BCUT2D eigenvalue weighted by atomic mass is 9.99. The van der Waals surface area contributed by atoms with Crippen molar-refractivity contribution in [2.24, 2.45) is 5.92 Å². The van der Waals surface area contributed by atoms with Crippen LogP contribution in [0.5, 0.6) is 0 Å². The highest BCUT2D eigenvalue weighted by Crippen LogP contribution is 2.21. The largest absolute Gasteiger partial charge is 0.389 e. The number of carbonyl (C=O) groups excluding carboxylic acids is 1. The number of alkyl halides is 3. The first-order valence-corrected chi connectivity index (χ1v) is 5.51. The number of nitrogens with one attached hydrogen (secondary N) is 2. The van der Waals surface area contributed by atoms with Crippen LogP contribution < -0.4 is 10.6 Å². The molecule has 1 heterocycles. The third-order valence-corrected chi connectivity index (χ3v) is 2.55. The van der Waals surface area contributed by atoms with Crippen LogP contribution in [0.3, 0.4) is 0 Å². The van der Waals surface area contributed by atoms with Crippen LogP contribution in [-0.2, 0) is 4.79 Å². The average Bonchev–Trinajstić information content (AvgIpc) is 2.09. The minimum atomic E-state index is -4.08. The van der Waals surface area contributed by atoms with Crippen molar-refractivity contribution in [2.75, 3.05) is 19.6 Å². The number of halogens is 3. The smallest absolute Gasteiger partial charge is 0.356 e. The zero-order valence-electron chi connectivity index (χ0n) is 9.07. The molecule has 0 unspecified atom stereocenters. The third kappa shape index (κ3) is 5.95. The molecule has 0 atom stereocenters. The molecule has 94 valence electrons. The number of unbranched alkanes of at least 4 members (excludes halogenated alkanes) is 1. The van der Waals surface area contributed by atoms with Crippen molar-refractivity contribution >= 4 is 5.91 Å². The van der Waals surface area contributed by atoms with Gasteiger partial charge < -0.3 is 10.6 Å². The molecule has 0 aliphatic carbocycles. The minimum Gasteiger partial charge on any atom is -0.356 e. The Morgan fingerprint density at radius 2 is 2.00 bits per heavy atom. The Kier molecular flexibility index (Phi) is 5.05. The van der Waals surface area contributed by atoms with Gasteiger partial charge in [0, 0.05) is 19.4 Å². The minimum absolute atomic E-state index is 0.0569. The maximum absolute atomic E-state index is 11.8. The van der Waals surface area contributed by atoms with Crippen molar-refractivity contribution in [1.29, 1.82) is 0 Å². The molecule has 16 heavy (non-hydrogen) atoms. The number of carbonyl (C=O) groups is 1. The van der Waals surface area contributed by atoms with Crippen LogP contribution in [0.15, 0.2) is 0 Å². The summed E-state index contributed by atoms with van der Waals surface area (Å²) >= 11 is 0. The zero-order chi connectivity index (χ0) is 12.0. The standard InChI is InChI=1S/C10H17F3N2O/c11-10(12,13)3-1-2-4-15-9(16)5-8-6-14-7-8/h8,14H,1-7H2,(H,15,16). The van der Waals surface area contributed by atoms with Gasteiger partial charge in [-0.3, -0.25) is 4.79 Å². The summed E-state index contributed by atoms with van der Waals surface area (Å²) in [5, 5.41) is 5.69. The Morgan fingerprint density at radius 3 is 2.50 bits per heavy atom. The number of hydrogen-bond acceptors (Lipinski definition) is 2. The third-order valence-electron chi connectivity index (χ3n) is 2.55. The molecule has 1 fully saturated rings. The maximum Gasteiger partial charge on any atom is 0.389 e. The van der Waals surface area contributed by atoms with E-state index in [9.17, 15) is 18.0 Å². The number of rotatable bonds is 6. The Labute approximate surface area is 92.8 Å². The van der Waals surface area contributed by atoms with E-state index in [0.717, 1.165) is 13.1 Å². The van der Waals surface area contributed by atoms with Gasteiger partial charge in [0.25, 0.3) is 0 Å². The molecule has 1 saturated heterocycles. The van der Waals surface area contributed by atoms with E-state index in [-0.39, 0.29) is 12.3 Å². The molecule has 0 saturated carbocycles. The Balaban J connectivity index is 1.92. The lowest BCUT2D eigenvalue weighted by Crippen LogP contribution is -2.44. The molecule has 0 radical (unpaired) electrons. The Hall–Kier alpha value is -0.780. The first-order valence-electron chi connectivity index (χ1n) is 5.51. The van der Waals surface area contributed by atoms with Crippen molar-refractivity contribution in [2.45, 2.75) is 31.9 Å². The van der Waals surface area contributed by atoms with Gasteiger partial charge in [-0.05, 0) is 31.8 Å². The van der Waals surface area contributed by atoms with E-state index >= 15 is 0 Å². The van der Waals surface area contributed by atoms with E-state index in [1.807, 2.05) is 0 Å². The summed E-state index contributed by atoms with van der Waals surface area (Å²) in [4.78, 5) is 11.2. The van der Waals surface area contributed by atoms with Gasteiger partial charge >= 0.3 is 6.18 Å². The normalized spacial score (nSPS) is 16.9. The first-order chi connectivity index (χ1) is 7.47. The van der Waals surface area contributed by atoms with Crippen molar-refractivity contribution in [1.82, 2.24) is 10.6 Å². The van der Waals surface area contributed by atoms with Crippen molar-refractivity contribution in [3.05, 3.63) is 0 Å². The van der Waals surface area contributed by atoms with Crippen LogP contribution in [0, 0.1) is 5.92 Å². The summed E-state index contributed by atoms with van der Waals surface area (Å²) in [6, 6.07) is 0. The summed E-state index contributed by atoms with van der Waals surface area (Å²) in [5.74, 6) is 0.341. The van der Waals surface area contributed by atoms with Crippen molar-refractivity contribution in [3.8, 4) is 0 Å². The number of hydrogen-bond donors (Lipinski definition) is 2. The summed E-state index contributed by atoms with van der Waals surface area (Å²) in [7, 11) is 0. The van der Waals surface area contributed by atoms with Crippen LogP contribution in [0.4, 0.5) is 13.2 Å². The lowest BCUT2D eigenvalue weighted by molar-refractivity contribution is -0.135. The van der Waals surface area contributed by atoms with Crippen LogP contribution in [0.2, 0.25) is 0 Å². The fourth-order valence-corrected chi connectivity index (χ4v) is 1.51. The van der Waals surface area contributed by atoms with Gasteiger partial charge in [0.15, 0.2) is 0 Å².